The molecule has 1 fully saturated rings. The van der Waals surface area contributed by atoms with Crippen LogP contribution in [0.25, 0.3) is 0 Å². The van der Waals surface area contributed by atoms with Crippen molar-refractivity contribution in [3.8, 4) is 0 Å². The highest BCUT2D eigenvalue weighted by molar-refractivity contribution is 5.89. The molecular weight excluding hydrogens is 224 g/mol. The Bertz CT molecular complexity index is 298. The molecule has 4 N–H and O–H groups in total. The molecule has 1 rings (SSSR count). The summed E-state index contributed by atoms with van der Waals surface area (Å²) in [5.41, 5.74) is 4.41. The Morgan fingerprint density at radius 1 is 1.53 bits per heavy atom. The SMILES string of the molecule is CC(C)C[C@@H](N)C(=O)NC1(C(=O)O)CCOC1. The van der Waals surface area contributed by atoms with Gasteiger partial charge >= 0.3 is 5.97 Å². The minimum atomic E-state index is -1.30. The molecule has 1 aliphatic heterocycles. The monoisotopic (exact) mass is 244 g/mol. The average Bonchev–Trinajstić information content (AvgIpc) is 2.66. The average molecular weight is 244 g/mol. The Balaban J connectivity index is 2.62. The largest absolute Gasteiger partial charge is 0.479 e. The summed E-state index contributed by atoms with van der Waals surface area (Å²) in [7, 11) is 0. The van der Waals surface area contributed by atoms with Gasteiger partial charge in [-0.3, -0.25) is 4.79 Å². The molecule has 1 amide bonds. The van der Waals surface area contributed by atoms with Gasteiger partial charge in [0.2, 0.25) is 5.91 Å². The number of hydrogen-bond acceptors (Lipinski definition) is 4. The van der Waals surface area contributed by atoms with Gasteiger partial charge in [0.1, 0.15) is 0 Å². The summed E-state index contributed by atoms with van der Waals surface area (Å²) in [5, 5.41) is 11.6. The normalized spacial score (nSPS) is 25.9. The van der Waals surface area contributed by atoms with Crippen molar-refractivity contribution in [2.45, 2.75) is 38.3 Å². The summed E-state index contributed by atoms with van der Waals surface area (Å²) < 4.78 is 5.05. The third-order valence-electron chi connectivity index (χ3n) is 2.86. The second-order valence-corrected chi connectivity index (χ2v) is 4.92. The van der Waals surface area contributed by atoms with Gasteiger partial charge in [0.25, 0.3) is 0 Å². The molecule has 0 aromatic rings. The molecule has 98 valence electrons. The fourth-order valence-electron chi connectivity index (χ4n) is 1.83. The van der Waals surface area contributed by atoms with E-state index in [2.05, 4.69) is 5.32 Å². The van der Waals surface area contributed by atoms with E-state index in [9.17, 15) is 9.59 Å². The molecule has 0 saturated carbocycles. The summed E-state index contributed by atoms with van der Waals surface area (Å²) in [6.45, 7) is 4.26. The van der Waals surface area contributed by atoms with E-state index in [1.807, 2.05) is 13.8 Å². The highest BCUT2D eigenvalue weighted by Gasteiger charge is 2.44. The van der Waals surface area contributed by atoms with E-state index in [1.54, 1.807) is 0 Å². The molecule has 1 aliphatic rings. The number of carbonyl (C=O) groups excluding carboxylic acids is 1. The summed E-state index contributed by atoms with van der Waals surface area (Å²) >= 11 is 0. The molecule has 0 bridgehead atoms. The van der Waals surface area contributed by atoms with Crippen LogP contribution in [0.4, 0.5) is 0 Å². The summed E-state index contributed by atoms with van der Waals surface area (Å²) in [6.07, 6.45) is 0.810. The lowest BCUT2D eigenvalue weighted by atomic mass is 9.97. The van der Waals surface area contributed by atoms with Crippen molar-refractivity contribution >= 4 is 11.9 Å². The van der Waals surface area contributed by atoms with Gasteiger partial charge in [0.15, 0.2) is 5.54 Å². The quantitative estimate of drug-likeness (QED) is 0.617. The highest BCUT2D eigenvalue weighted by atomic mass is 16.5. The van der Waals surface area contributed by atoms with Gasteiger partial charge in [0.05, 0.1) is 12.6 Å². The van der Waals surface area contributed by atoms with Gasteiger partial charge in [-0.2, -0.15) is 0 Å². The fourth-order valence-corrected chi connectivity index (χ4v) is 1.83. The molecule has 1 saturated heterocycles. The minimum Gasteiger partial charge on any atom is -0.479 e. The van der Waals surface area contributed by atoms with E-state index in [4.69, 9.17) is 15.6 Å². The number of amides is 1. The number of nitrogens with two attached hydrogens (primary N) is 1. The van der Waals surface area contributed by atoms with Gasteiger partial charge in [-0.25, -0.2) is 4.79 Å². The van der Waals surface area contributed by atoms with Crippen LogP contribution in [-0.2, 0) is 14.3 Å². The number of carboxylic acids is 1. The number of ether oxygens (including phenoxy) is 1. The first-order valence-corrected chi connectivity index (χ1v) is 5.76. The van der Waals surface area contributed by atoms with Crippen molar-refractivity contribution in [3.63, 3.8) is 0 Å². The minimum absolute atomic E-state index is 0.00245. The number of hydrogen-bond donors (Lipinski definition) is 3. The summed E-state index contributed by atoms with van der Waals surface area (Å²) in [6, 6.07) is -0.674. The maximum Gasteiger partial charge on any atom is 0.331 e. The molecular formula is C11H20N2O4. The number of carbonyl (C=O) groups is 2. The fraction of sp³-hybridized carbons (Fsp3) is 0.818. The lowest BCUT2D eigenvalue weighted by Crippen LogP contribution is -2.58. The second-order valence-electron chi connectivity index (χ2n) is 4.92. The molecule has 0 radical (unpaired) electrons. The molecule has 1 heterocycles. The van der Waals surface area contributed by atoms with E-state index in [0.29, 0.717) is 13.0 Å². The number of carboxylic acid groups (broad SMARTS) is 1. The standard InChI is InChI=1S/C11H20N2O4/c1-7(2)5-8(12)9(14)13-11(10(15)16)3-4-17-6-11/h7-8H,3-6,12H2,1-2H3,(H,13,14)(H,15,16)/t8-,11?/m1/s1. The first-order valence-electron chi connectivity index (χ1n) is 5.76. The maximum atomic E-state index is 11.8. The Morgan fingerprint density at radius 2 is 2.18 bits per heavy atom. The number of aliphatic carboxylic acids is 1. The van der Waals surface area contributed by atoms with Crippen molar-refractivity contribution in [3.05, 3.63) is 0 Å². The molecule has 0 aromatic heterocycles. The Morgan fingerprint density at radius 3 is 2.59 bits per heavy atom. The summed E-state index contributed by atoms with van der Waals surface area (Å²) in [5.74, 6) is -1.21. The van der Waals surface area contributed by atoms with Crippen LogP contribution in [0.3, 0.4) is 0 Å². The number of rotatable bonds is 5. The molecule has 17 heavy (non-hydrogen) atoms. The zero-order chi connectivity index (χ0) is 13.1. The third kappa shape index (κ3) is 3.41. The predicted molar refractivity (Wildman–Crippen MR) is 61.4 cm³/mol. The van der Waals surface area contributed by atoms with Gasteiger partial charge in [-0.15, -0.1) is 0 Å². The van der Waals surface area contributed by atoms with Crippen LogP contribution in [0.1, 0.15) is 26.7 Å². The molecule has 6 heteroatoms. The summed E-state index contributed by atoms with van der Waals surface area (Å²) in [4.78, 5) is 23.0. The van der Waals surface area contributed by atoms with Crippen LogP contribution < -0.4 is 11.1 Å². The molecule has 0 spiro atoms. The van der Waals surface area contributed by atoms with E-state index < -0.39 is 23.5 Å². The first-order chi connectivity index (χ1) is 7.87. The lowest BCUT2D eigenvalue weighted by Gasteiger charge is -2.26. The second kappa shape index (κ2) is 5.46. The molecule has 0 aromatic carbocycles. The van der Waals surface area contributed by atoms with E-state index in [-0.39, 0.29) is 18.9 Å². The van der Waals surface area contributed by atoms with Gasteiger partial charge in [-0.1, -0.05) is 13.8 Å². The zero-order valence-electron chi connectivity index (χ0n) is 10.2. The molecule has 0 aliphatic carbocycles. The van der Waals surface area contributed by atoms with Crippen LogP contribution in [0.15, 0.2) is 0 Å². The molecule has 2 atom stereocenters. The van der Waals surface area contributed by atoms with Gasteiger partial charge in [-0.05, 0) is 12.3 Å². The van der Waals surface area contributed by atoms with Crippen LogP contribution in [-0.4, -0.2) is 41.8 Å². The maximum absolute atomic E-state index is 11.8. The molecule has 1 unspecified atom stereocenters. The van der Waals surface area contributed by atoms with Crippen molar-refractivity contribution in [2.24, 2.45) is 11.7 Å². The Hall–Kier alpha value is -1.14. The third-order valence-corrected chi connectivity index (χ3v) is 2.86. The van der Waals surface area contributed by atoms with Gasteiger partial charge in [0, 0.05) is 13.0 Å². The smallest absolute Gasteiger partial charge is 0.331 e. The predicted octanol–water partition coefficient (Wildman–Crippen LogP) is -0.280. The molecule has 6 nitrogen and oxygen atoms in total. The Kier molecular flexibility index (Phi) is 4.47. The van der Waals surface area contributed by atoms with Crippen LogP contribution in [0.2, 0.25) is 0 Å². The van der Waals surface area contributed by atoms with E-state index in [0.717, 1.165) is 0 Å². The van der Waals surface area contributed by atoms with E-state index in [1.165, 1.54) is 0 Å². The topological polar surface area (TPSA) is 102 Å². The van der Waals surface area contributed by atoms with Crippen molar-refractivity contribution in [1.29, 1.82) is 0 Å². The lowest BCUT2D eigenvalue weighted by molar-refractivity contribution is -0.147. The van der Waals surface area contributed by atoms with Crippen molar-refractivity contribution in [2.75, 3.05) is 13.2 Å². The van der Waals surface area contributed by atoms with Crippen LogP contribution in [0.5, 0.6) is 0 Å². The van der Waals surface area contributed by atoms with Crippen molar-refractivity contribution in [1.82, 2.24) is 5.32 Å². The van der Waals surface area contributed by atoms with Crippen molar-refractivity contribution < 1.29 is 19.4 Å². The zero-order valence-corrected chi connectivity index (χ0v) is 10.2. The van der Waals surface area contributed by atoms with Gasteiger partial charge < -0.3 is 20.9 Å². The van der Waals surface area contributed by atoms with Crippen LogP contribution >= 0.6 is 0 Å². The Labute approximate surface area is 101 Å². The first kappa shape index (κ1) is 13.9. The van der Waals surface area contributed by atoms with Crippen LogP contribution in [0, 0.1) is 5.92 Å². The highest BCUT2D eigenvalue weighted by Crippen LogP contribution is 2.19. The number of nitrogens with one attached hydrogen (secondary N) is 1. The van der Waals surface area contributed by atoms with E-state index >= 15 is 0 Å².